The second-order valence-electron chi connectivity index (χ2n) is 7.70. The molecule has 0 bridgehead atoms. The van der Waals surface area contributed by atoms with E-state index < -0.39 is 22.0 Å². The maximum atomic E-state index is 13.4. The van der Waals surface area contributed by atoms with Gasteiger partial charge in [-0.1, -0.05) is 32.0 Å². The average Bonchev–Trinajstić information content (AvgIpc) is 2.82. The van der Waals surface area contributed by atoms with Crippen LogP contribution in [0.4, 0.5) is 0 Å². The molecule has 0 radical (unpaired) electrons. The lowest BCUT2D eigenvalue weighted by molar-refractivity contribution is -0.133. The first-order valence-electron chi connectivity index (χ1n) is 10.6. The van der Waals surface area contributed by atoms with Gasteiger partial charge in [-0.15, -0.1) is 11.8 Å². The number of carbonyl (C=O) groups is 1. The molecule has 33 heavy (non-hydrogen) atoms. The first-order valence-corrected chi connectivity index (χ1v) is 14.2. The number of benzene rings is 2. The van der Waals surface area contributed by atoms with Gasteiger partial charge in [0.1, 0.15) is 11.8 Å². The summed E-state index contributed by atoms with van der Waals surface area (Å²) >= 11 is 3.41. The third-order valence-electron chi connectivity index (χ3n) is 4.75. The van der Waals surface area contributed by atoms with Crippen molar-refractivity contribution in [2.24, 2.45) is 5.92 Å². The molecular weight excluding hydrogens is 480 g/mol. The van der Waals surface area contributed by atoms with E-state index in [0.29, 0.717) is 11.5 Å². The quantitative estimate of drug-likeness (QED) is 0.170. The lowest BCUT2D eigenvalue weighted by Gasteiger charge is -2.30. The standard InChI is InChI=1S/C23H32N2O5S3/c1-18(2)17-25(33(28,29)21-11-9-19(30-3)10-12-21)22(23(26)24-27)13-14-31-15-16-32-20-7-5-4-6-8-20/h4-12,18,22,27H,13-17H2,1-3H3,(H,24,26). The number of ether oxygens (including phenoxy) is 1. The Kier molecular flexibility index (Phi) is 11.6. The molecule has 0 saturated heterocycles. The summed E-state index contributed by atoms with van der Waals surface area (Å²) in [4.78, 5) is 13.8. The summed E-state index contributed by atoms with van der Waals surface area (Å²) in [5.74, 6) is 2.15. The lowest BCUT2D eigenvalue weighted by atomic mass is 10.1. The minimum Gasteiger partial charge on any atom is -0.497 e. The normalized spacial score (nSPS) is 12.7. The predicted molar refractivity (Wildman–Crippen MR) is 135 cm³/mol. The van der Waals surface area contributed by atoms with E-state index >= 15 is 0 Å². The van der Waals surface area contributed by atoms with E-state index in [0.717, 1.165) is 11.5 Å². The monoisotopic (exact) mass is 512 g/mol. The van der Waals surface area contributed by atoms with Crippen molar-refractivity contribution in [3.63, 3.8) is 0 Å². The first-order chi connectivity index (χ1) is 15.8. The number of rotatable bonds is 14. The summed E-state index contributed by atoms with van der Waals surface area (Å²) in [7, 11) is -2.46. The molecule has 7 nitrogen and oxygen atoms in total. The molecule has 1 atom stereocenters. The number of nitrogens with zero attached hydrogens (tertiary/aromatic N) is 1. The topological polar surface area (TPSA) is 95.9 Å². The van der Waals surface area contributed by atoms with Crippen molar-refractivity contribution in [1.29, 1.82) is 0 Å². The third-order valence-corrected chi connectivity index (χ3v) is 8.93. The van der Waals surface area contributed by atoms with Crippen molar-refractivity contribution in [3.05, 3.63) is 54.6 Å². The average molecular weight is 513 g/mol. The molecule has 2 aromatic carbocycles. The maximum Gasteiger partial charge on any atom is 0.261 e. The van der Waals surface area contributed by atoms with Crippen molar-refractivity contribution in [2.45, 2.75) is 36.1 Å². The van der Waals surface area contributed by atoms with Crippen LogP contribution in [0, 0.1) is 5.92 Å². The number of hydrogen-bond donors (Lipinski definition) is 2. The zero-order valence-electron chi connectivity index (χ0n) is 19.1. The minimum absolute atomic E-state index is 0.0121. The van der Waals surface area contributed by atoms with E-state index in [9.17, 15) is 18.4 Å². The molecule has 0 saturated carbocycles. The molecule has 2 N–H and O–H groups in total. The largest absolute Gasteiger partial charge is 0.497 e. The Morgan fingerprint density at radius 2 is 1.73 bits per heavy atom. The number of methoxy groups -OCH3 is 1. The molecular formula is C23H32N2O5S3. The highest BCUT2D eigenvalue weighted by Crippen LogP contribution is 2.25. The van der Waals surface area contributed by atoms with Crippen molar-refractivity contribution < 1.29 is 23.2 Å². The summed E-state index contributed by atoms with van der Waals surface area (Å²) in [5.41, 5.74) is 1.66. The van der Waals surface area contributed by atoms with Crippen LogP contribution in [-0.4, -0.2) is 60.8 Å². The Labute approximate surface area is 205 Å². The molecule has 0 aliphatic carbocycles. The van der Waals surface area contributed by atoms with Crippen LogP contribution in [0.5, 0.6) is 5.75 Å². The third kappa shape index (κ3) is 8.53. The molecule has 10 heteroatoms. The molecule has 0 aliphatic heterocycles. The van der Waals surface area contributed by atoms with E-state index in [2.05, 4.69) is 12.1 Å². The summed E-state index contributed by atoms with van der Waals surface area (Å²) in [5, 5.41) is 9.31. The van der Waals surface area contributed by atoms with Crippen LogP contribution in [0.1, 0.15) is 20.3 Å². The summed E-state index contributed by atoms with van der Waals surface area (Å²) in [6, 6.07) is 15.2. The first kappa shape index (κ1) is 27.5. The Morgan fingerprint density at radius 1 is 1.06 bits per heavy atom. The summed E-state index contributed by atoms with van der Waals surface area (Å²) in [6.45, 7) is 3.93. The van der Waals surface area contributed by atoms with Gasteiger partial charge in [0.05, 0.1) is 12.0 Å². The SMILES string of the molecule is COc1ccc(S(=O)(=O)N(CC(C)C)C(CCSCCSc2ccccc2)C(=O)NO)cc1. The van der Waals surface area contributed by atoms with Gasteiger partial charge < -0.3 is 4.74 Å². The van der Waals surface area contributed by atoms with E-state index in [1.165, 1.54) is 28.4 Å². The van der Waals surface area contributed by atoms with Gasteiger partial charge in [0.25, 0.3) is 5.91 Å². The molecule has 1 amide bonds. The van der Waals surface area contributed by atoms with E-state index in [1.54, 1.807) is 41.1 Å². The molecule has 2 rings (SSSR count). The summed E-state index contributed by atoms with van der Waals surface area (Å²) < 4.78 is 33.2. The molecule has 182 valence electrons. The number of amides is 1. The number of thioether (sulfide) groups is 2. The van der Waals surface area contributed by atoms with Gasteiger partial charge in [0, 0.05) is 22.9 Å². The van der Waals surface area contributed by atoms with E-state index in [-0.39, 0.29) is 23.8 Å². The number of sulfonamides is 1. The number of nitrogens with one attached hydrogen (secondary N) is 1. The number of hydrogen-bond acceptors (Lipinski definition) is 7. The van der Waals surface area contributed by atoms with Crippen molar-refractivity contribution in [3.8, 4) is 5.75 Å². The Morgan fingerprint density at radius 3 is 2.30 bits per heavy atom. The van der Waals surface area contributed by atoms with Gasteiger partial charge >= 0.3 is 0 Å². The van der Waals surface area contributed by atoms with Gasteiger partial charge in [0.15, 0.2) is 0 Å². The number of hydroxylamine groups is 1. The van der Waals surface area contributed by atoms with Crippen molar-refractivity contribution >= 4 is 39.5 Å². The van der Waals surface area contributed by atoms with Gasteiger partial charge in [-0.3, -0.25) is 10.0 Å². The van der Waals surface area contributed by atoms with Crippen LogP contribution >= 0.6 is 23.5 Å². The highest BCUT2D eigenvalue weighted by molar-refractivity contribution is 8.02. The smallest absolute Gasteiger partial charge is 0.261 e. The molecule has 0 heterocycles. The van der Waals surface area contributed by atoms with Gasteiger partial charge in [-0.05, 0) is 54.5 Å². The molecule has 2 aromatic rings. The fourth-order valence-electron chi connectivity index (χ4n) is 3.15. The molecule has 1 unspecified atom stereocenters. The highest BCUT2D eigenvalue weighted by atomic mass is 32.2. The Bertz CT molecular complexity index is 954. The zero-order chi connectivity index (χ0) is 24.3. The van der Waals surface area contributed by atoms with Gasteiger partial charge in [-0.2, -0.15) is 16.1 Å². The summed E-state index contributed by atoms with van der Waals surface area (Å²) in [6.07, 6.45) is 0.287. The molecule has 0 spiro atoms. The molecule has 0 fully saturated rings. The predicted octanol–water partition coefficient (Wildman–Crippen LogP) is 4.13. The van der Waals surface area contributed by atoms with Crippen molar-refractivity contribution in [1.82, 2.24) is 9.79 Å². The fraction of sp³-hybridized carbons (Fsp3) is 0.435. The second-order valence-corrected chi connectivity index (χ2v) is 12.0. The molecule has 0 aliphatic rings. The van der Waals surface area contributed by atoms with Crippen LogP contribution in [0.2, 0.25) is 0 Å². The highest BCUT2D eigenvalue weighted by Gasteiger charge is 2.36. The van der Waals surface area contributed by atoms with Crippen LogP contribution in [0.15, 0.2) is 64.4 Å². The zero-order valence-corrected chi connectivity index (χ0v) is 21.6. The maximum absolute atomic E-state index is 13.4. The van der Waals surface area contributed by atoms with Crippen LogP contribution in [0.3, 0.4) is 0 Å². The van der Waals surface area contributed by atoms with Crippen LogP contribution in [-0.2, 0) is 14.8 Å². The van der Waals surface area contributed by atoms with Gasteiger partial charge in [0.2, 0.25) is 10.0 Å². The Balaban J connectivity index is 2.08. The van der Waals surface area contributed by atoms with Gasteiger partial charge in [-0.25, -0.2) is 13.9 Å². The second kappa shape index (κ2) is 13.9. The van der Waals surface area contributed by atoms with Crippen molar-refractivity contribution in [2.75, 3.05) is 30.9 Å². The van der Waals surface area contributed by atoms with Crippen LogP contribution in [0.25, 0.3) is 0 Å². The van der Waals surface area contributed by atoms with Crippen LogP contribution < -0.4 is 10.2 Å². The fourth-order valence-corrected chi connectivity index (χ4v) is 6.91. The lowest BCUT2D eigenvalue weighted by Crippen LogP contribution is -2.50. The van der Waals surface area contributed by atoms with E-state index in [1.807, 2.05) is 32.0 Å². The van der Waals surface area contributed by atoms with E-state index in [4.69, 9.17) is 4.74 Å². The Hall–Kier alpha value is -1.72. The molecule has 0 aromatic heterocycles. The number of carbonyl (C=O) groups excluding carboxylic acids is 1. The minimum atomic E-state index is -3.97.